The zero-order valence-electron chi connectivity index (χ0n) is 13.2. The summed E-state index contributed by atoms with van der Waals surface area (Å²) in [5, 5.41) is 37.0. The molecule has 1 aromatic carbocycles. The zero-order chi connectivity index (χ0) is 19.4. The number of cyclic esters (lactones) is 1. The van der Waals surface area contributed by atoms with E-state index in [-0.39, 0.29) is 18.6 Å². The molecule has 0 saturated carbocycles. The molecule has 1 heterocycles. The third-order valence-electron chi connectivity index (χ3n) is 3.55. The van der Waals surface area contributed by atoms with Crippen LogP contribution in [0.15, 0.2) is 29.7 Å². The number of benzene rings is 1. The summed E-state index contributed by atoms with van der Waals surface area (Å²) in [6.45, 7) is -0.561. The number of esters is 2. The number of carbonyl (C=O) groups is 2. The smallest absolute Gasteiger partial charge is 0.377 e. The largest absolute Gasteiger partial charge is 0.505 e. The van der Waals surface area contributed by atoms with Crippen LogP contribution in [0.3, 0.4) is 0 Å². The van der Waals surface area contributed by atoms with Gasteiger partial charge in [-0.2, -0.15) is 0 Å². The maximum atomic E-state index is 11.7. The first-order chi connectivity index (χ1) is 12.2. The average Bonchev–Trinajstić information content (AvgIpc) is 2.87. The van der Waals surface area contributed by atoms with Gasteiger partial charge in [0.25, 0.3) is 0 Å². The molecule has 0 aliphatic carbocycles. The lowest BCUT2D eigenvalue weighted by Crippen LogP contribution is -2.33. The number of hydrogen-bond donors (Lipinski definition) is 4. The Labute approximate surface area is 158 Å². The predicted molar refractivity (Wildman–Crippen MR) is 91.7 cm³/mol. The van der Waals surface area contributed by atoms with Gasteiger partial charge in [0.05, 0.1) is 16.5 Å². The molecule has 8 nitrogen and oxygen atoms in total. The molecule has 1 aromatic rings. The van der Waals surface area contributed by atoms with E-state index >= 15 is 0 Å². The molecular weight excluding hydrogens is 389 g/mol. The summed E-state index contributed by atoms with van der Waals surface area (Å²) >= 11 is 11.7. The number of ether oxygens (including phenoxy) is 2. The number of aliphatic hydroxyl groups excluding tert-OH is 3. The maximum absolute atomic E-state index is 11.7. The lowest BCUT2D eigenvalue weighted by molar-refractivity contribution is -0.154. The van der Waals surface area contributed by atoms with Gasteiger partial charge in [-0.25, -0.2) is 4.79 Å². The fourth-order valence-corrected chi connectivity index (χ4v) is 2.42. The van der Waals surface area contributed by atoms with Crippen molar-refractivity contribution in [3.8, 4) is 0 Å². The van der Waals surface area contributed by atoms with Gasteiger partial charge in [-0.1, -0.05) is 29.3 Å². The number of hydrogen-bond acceptors (Lipinski definition) is 8. The van der Waals surface area contributed by atoms with Gasteiger partial charge in [-0.3, -0.25) is 4.79 Å². The fraction of sp³-hybridized carbons (Fsp3) is 0.312. The van der Waals surface area contributed by atoms with Crippen LogP contribution in [0, 0.1) is 5.41 Å². The molecule has 0 radical (unpaired) electrons. The first-order valence-electron chi connectivity index (χ1n) is 7.40. The van der Waals surface area contributed by atoms with Crippen molar-refractivity contribution < 1.29 is 34.4 Å². The molecule has 2 rings (SSSR count). The summed E-state index contributed by atoms with van der Waals surface area (Å²) in [7, 11) is 0. The molecule has 0 aromatic heterocycles. The van der Waals surface area contributed by atoms with Crippen molar-refractivity contribution in [2.24, 2.45) is 0 Å². The van der Waals surface area contributed by atoms with Crippen LogP contribution in [0.2, 0.25) is 10.0 Å². The fourth-order valence-electron chi connectivity index (χ4n) is 2.12. The molecule has 0 bridgehead atoms. The normalized spacial score (nSPS) is 17.8. The van der Waals surface area contributed by atoms with Crippen molar-refractivity contribution in [2.75, 3.05) is 6.61 Å². The summed E-state index contributed by atoms with van der Waals surface area (Å²) in [4.78, 5) is 22.8. The minimum absolute atomic E-state index is 0.0667. The summed E-state index contributed by atoms with van der Waals surface area (Å²) in [5.41, 5.74) is 0.659. The molecule has 0 unspecified atom stereocenters. The van der Waals surface area contributed by atoms with Gasteiger partial charge in [0.1, 0.15) is 12.7 Å². The quantitative estimate of drug-likeness (QED) is 0.404. The number of rotatable bonds is 7. The Kier molecular flexibility index (Phi) is 6.47. The van der Waals surface area contributed by atoms with Gasteiger partial charge in [-0.05, 0) is 24.1 Å². The first kappa shape index (κ1) is 20.0. The Morgan fingerprint density at radius 1 is 1.27 bits per heavy atom. The molecule has 2 atom stereocenters. The van der Waals surface area contributed by atoms with Gasteiger partial charge < -0.3 is 30.2 Å². The Hall–Kier alpha value is -2.29. The Balaban J connectivity index is 1.79. The number of nitrogens with one attached hydrogen (secondary N) is 1. The number of carbonyl (C=O) groups excluding carboxylic acids is 2. The van der Waals surface area contributed by atoms with Crippen LogP contribution in [0.25, 0.3) is 0 Å². The first-order valence-corrected chi connectivity index (χ1v) is 8.16. The van der Waals surface area contributed by atoms with Gasteiger partial charge in [0, 0.05) is 5.71 Å². The monoisotopic (exact) mass is 403 g/mol. The minimum Gasteiger partial charge on any atom is -0.505 e. The van der Waals surface area contributed by atoms with E-state index in [9.17, 15) is 19.8 Å². The molecule has 26 heavy (non-hydrogen) atoms. The molecule has 0 saturated heterocycles. The molecule has 0 spiro atoms. The predicted octanol–water partition coefficient (Wildman–Crippen LogP) is 2.30. The second-order valence-electron chi connectivity index (χ2n) is 5.42. The highest BCUT2D eigenvalue weighted by Gasteiger charge is 2.39. The third kappa shape index (κ3) is 4.66. The highest BCUT2D eigenvalue weighted by molar-refractivity contribution is 6.42. The van der Waals surface area contributed by atoms with E-state index in [2.05, 4.69) is 4.74 Å². The van der Waals surface area contributed by atoms with Gasteiger partial charge >= 0.3 is 11.9 Å². The topological polar surface area (TPSA) is 137 Å². The summed E-state index contributed by atoms with van der Waals surface area (Å²) in [5.74, 6) is -3.69. The lowest BCUT2D eigenvalue weighted by Gasteiger charge is -2.17. The van der Waals surface area contributed by atoms with Crippen molar-refractivity contribution >= 4 is 40.9 Å². The summed E-state index contributed by atoms with van der Waals surface area (Å²) in [6.07, 6.45) is -3.10. The van der Waals surface area contributed by atoms with Crippen molar-refractivity contribution in [2.45, 2.75) is 25.0 Å². The third-order valence-corrected chi connectivity index (χ3v) is 4.29. The molecule has 10 heteroatoms. The lowest BCUT2D eigenvalue weighted by atomic mass is 10.1. The highest BCUT2D eigenvalue weighted by Crippen LogP contribution is 2.24. The molecular formula is C16H15Cl2NO7. The van der Waals surface area contributed by atoms with Crippen molar-refractivity contribution in [3.05, 3.63) is 45.3 Å². The Bertz CT molecular complexity index is 778. The summed E-state index contributed by atoms with van der Waals surface area (Å²) < 4.78 is 9.37. The second-order valence-corrected chi connectivity index (χ2v) is 6.23. The van der Waals surface area contributed by atoms with Gasteiger partial charge in [-0.15, -0.1) is 0 Å². The number of halogens is 2. The number of aliphatic hydroxyl groups is 3. The molecule has 4 N–H and O–H groups in total. The van der Waals surface area contributed by atoms with E-state index < -0.39 is 42.3 Å². The van der Waals surface area contributed by atoms with Crippen LogP contribution in [-0.4, -0.2) is 51.8 Å². The van der Waals surface area contributed by atoms with Gasteiger partial charge in [0.2, 0.25) is 5.76 Å². The van der Waals surface area contributed by atoms with E-state index in [1.165, 1.54) is 6.07 Å². The van der Waals surface area contributed by atoms with E-state index in [1.54, 1.807) is 12.1 Å². The molecule has 1 aliphatic rings. The van der Waals surface area contributed by atoms with Crippen molar-refractivity contribution in [1.82, 2.24) is 0 Å². The Morgan fingerprint density at radius 3 is 2.54 bits per heavy atom. The van der Waals surface area contributed by atoms with E-state index in [4.69, 9.17) is 38.5 Å². The van der Waals surface area contributed by atoms with Crippen LogP contribution < -0.4 is 0 Å². The highest BCUT2D eigenvalue weighted by atomic mass is 35.5. The Morgan fingerprint density at radius 2 is 1.96 bits per heavy atom. The average molecular weight is 404 g/mol. The summed E-state index contributed by atoms with van der Waals surface area (Å²) in [6, 6.07) is 4.65. The molecule has 0 fully saturated rings. The van der Waals surface area contributed by atoms with Gasteiger partial charge in [0.15, 0.2) is 11.9 Å². The molecule has 140 valence electrons. The minimum atomic E-state index is -1.54. The SMILES string of the molecule is N=C(CCC(=O)OC[C@H](O)[C@H]1OC(=O)C(O)=C1O)c1ccc(Cl)c(Cl)c1. The molecule has 1 aliphatic heterocycles. The van der Waals surface area contributed by atoms with E-state index in [1.807, 2.05) is 0 Å². The van der Waals surface area contributed by atoms with E-state index in [0.717, 1.165) is 0 Å². The molecule has 0 amide bonds. The van der Waals surface area contributed by atoms with E-state index in [0.29, 0.717) is 15.6 Å². The van der Waals surface area contributed by atoms with Crippen LogP contribution >= 0.6 is 23.2 Å². The van der Waals surface area contributed by atoms with Crippen LogP contribution in [0.1, 0.15) is 18.4 Å². The van der Waals surface area contributed by atoms with Crippen molar-refractivity contribution in [1.29, 1.82) is 5.41 Å². The van der Waals surface area contributed by atoms with Crippen LogP contribution in [-0.2, 0) is 19.1 Å². The van der Waals surface area contributed by atoms with Crippen LogP contribution in [0.5, 0.6) is 0 Å². The maximum Gasteiger partial charge on any atom is 0.377 e. The zero-order valence-corrected chi connectivity index (χ0v) is 14.8. The second kappa shape index (κ2) is 8.39. The standard InChI is InChI=1S/C16H15Cl2NO7/c17-8-2-1-7(5-9(8)18)10(19)3-4-12(21)25-6-11(20)15-13(22)14(23)16(24)26-15/h1-2,5,11,15,19-20,22-23H,3-4,6H2/t11-,15+/m0/s1. The van der Waals surface area contributed by atoms with Crippen LogP contribution in [0.4, 0.5) is 0 Å². The van der Waals surface area contributed by atoms with Crippen molar-refractivity contribution in [3.63, 3.8) is 0 Å².